The molecule has 8 heteroatoms. The molecule has 0 saturated carbocycles. The van der Waals surface area contributed by atoms with Gasteiger partial charge in [0, 0.05) is 24.1 Å². The highest BCUT2D eigenvalue weighted by molar-refractivity contribution is 7.99. The maximum Gasteiger partial charge on any atom is 0.234 e. The molecule has 0 aliphatic rings. The fraction of sp³-hybridized carbons (Fsp3) is 0.273. The minimum atomic E-state index is -0.154. The van der Waals surface area contributed by atoms with Crippen molar-refractivity contribution in [3.05, 3.63) is 54.9 Å². The van der Waals surface area contributed by atoms with Crippen molar-refractivity contribution in [2.45, 2.75) is 19.0 Å². The Labute approximate surface area is 180 Å². The molecule has 2 aromatic carbocycles. The maximum absolute atomic E-state index is 12.6. The van der Waals surface area contributed by atoms with Gasteiger partial charge < -0.3 is 19.5 Å². The van der Waals surface area contributed by atoms with Crippen LogP contribution in [0.15, 0.2) is 60.0 Å². The number of anilines is 1. The number of thioether (sulfide) groups is 1. The van der Waals surface area contributed by atoms with Crippen LogP contribution in [-0.4, -0.2) is 41.5 Å². The number of imidazole rings is 1. The van der Waals surface area contributed by atoms with Gasteiger partial charge in [-0.2, -0.15) is 0 Å². The summed E-state index contributed by atoms with van der Waals surface area (Å²) in [6, 6.07) is 13.1. The van der Waals surface area contributed by atoms with Gasteiger partial charge in [0.15, 0.2) is 5.16 Å². The molecule has 0 saturated heterocycles. The molecule has 1 aromatic heterocycles. The van der Waals surface area contributed by atoms with E-state index in [4.69, 9.17) is 14.2 Å². The molecule has 3 aromatic rings. The first kappa shape index (κ1) is 21.6. The quantitative estimate of drug-likeness (QED) is 0.483. The zero-order valence-corrected chi connectivity index (χ0v) is 18.1. The third-order valence-corrected chi connectivity index (χ3v) is 5.09. The molecule has 0 aliphatic carbocycles. The molecule has 158 valence electrons. The number of ether oxygens (including phenoxy) is 3. The minimum absolute atomic E-state index is 0.154. The summed E-state index contributed by atoms with van der Waals surface area (Å²) in [4.78, 5) is 17.0. The van der Waals surface area contributed by atoms with Crippen LogP contribution in [0.1, 0.15) is 13.8 Å². The molecule has 7 nitrogen and oxygen atoms in total. The van der Waals surface area contributed by atoms with Crippen LogP contribution in [0.25, 0.3) is 5.69 Å². The minimum Gasteiger partial charge on any atom is -0.497 e. The lowest BCUT2D eigenvalue weighted by atomic mass is 10.2. The van der Waals surface area contributed by atoms with Gasteiger partial charge in [0.25, 0.3) is 0 Å². The SMILES string of the molecule is CCOc1ccc(OCC)c(NC(=O)CSc2nccn2-c2ccc(OC)cc2)c1. The zero-order chi connectivity index (χ0) is 21.3. The molecule has 0 unspecified atom stereocenters. The van der Waals surface area contributed by atoms with Gasteiger partial charge in [-0.15, -0.1) is 0 Å². The van der Waals surface area contributed by atoms with E-state index in [2.05, 4.69) is 10.3 Å². The topological polar surface area (TPSA) is 74.6 Å². The number of benzene rings is 2. The highest BCUT2D eigenvalue weighted by Gasteiger charge is 2.13. The number of nitrogens with one attached hydrogen (secondary N) is 1. The van der Waals surface area contributed by atoms with E-state index in [9.17, 15) is 4.79 Å². The van der Waals surface area contributed by atoms with E-state index in [1.165, 1.54) is 11.8 Å². The number of amides is 1. The largest absolute Gasteiger partial charge is 0.497 e. The van der Waals surface area contributed by atoms with E-state index < -0.39 is 0 Å². The molecule has 3 rings (SSSR count). The monoisotopic (exact) mass is 427 g/mol. The van der Waals surface area contributed by atoms with Crippen LogP contribution in [0.4, 0.5) is 5.69 Å². The second-order valence-corrected chi connectivity index (χ2v) is 7.08. The standard InChI is InChI=1S/C22H25N3O4S/c1-4-28-18-10-11-20(29-5-2)19(14-18)24-21(26)15-30-22-23-12-13-25(22)16-6-8-17(27-3)9-7-16/h6-14H,4-5,15H2,1-3H3,(H,24,26). The Morgan fingerprint density at radius 3 is 2.50 bits per heavy atom. The number of methoxy groups -OCH3 is 1. The molecule has 0 bridgehead atoms. The fourth-order valence-corrected chi connectivity index (χ4v) is 3.57. The number of carbonyl (C=O) groups excluding carboxylic acids is 1. The molecule has 0 aliphatic heterocycles. The number of hydrogen-bond acceptors (Lipinski definition) is 6. The molecule has 1 N–H and O–H groups in total. The molecule has 0 fully saturated rings. The summed E-state index contributed by atoms with van der Waals surface area (Å²) in [6.45, 7) is 4.86. The first-order chi connectivity index (χ1) is 14.6. The second kappa shape index (κ2) is 10.6. The van der Waals surface area contributed by atoms with Crippen molar-refractivity contribution in [2.24, 2.45) is 0 Å². The molecule has 1 heterocycles. The lowest BCUT2D eigenvalue weighted by Gasteiger charge is -2.13. The smallest absolute Gasteiger partial charge is 0.234 e. The summed E-state index contributed by atoms with van der Waals surface area (Å²) in [5.41, 5.74) is 1.53. The van der Waals surface area contributed by atoms with Crippen LogP contribution in [0.3, 0.4) is 0 Å². The van der Waals surface area contributed by atoms with Gasteiger partial charge in [-0.25, -0.2) is 4.98 Å². The van der Waals surface area contributed by atoms with Crippen molar-refractivity contribution in [1.29, 1.82) is 0 Å². The Morgan fingerprint density at radius 2 is 1.80 bits per heavy atom. The third-order valence-electron chi connectivity index (χ3n) is 4.13. The summed E-state index contributed by atoms with van der Waals surface area (Å²) >= 11 is 1.36. The van der Waals surface area contributed by atoms with Crippen molar-refractivity contribution in [3.8, 4) is 22.9 Å². The van der Waals surface area contributed by atoms with E-state index in [1.54, 1.807) is 25.4 Å². The van der Waals surface area contributed by atoms with Gasteiger partial charge in [0.1, 0.15) is 17.2 Å². The van der Waals surface area contributed by atoms with Crippen LogP contribution in [0.2, 0.25) is 0 Å². The summed E-state index contributed by atoms with van der Waals surface area (Å²) in [5.74, 6) is 2.13. The highest BCUT2D eigenvalue weighted by Crippen LogP contribution is 2.30. The molecular weight excluding hydrogens is 402 g/mol. The van der Waals surface area contributed by atoms with Crippen LogP contribution < -0.4 is 19.5 Å². The number of hydrogen-bond donors (Lipinski definition) is 1. The van der Waals surface area contributed by atoms with E-state index >= 15 is 0 Å². The predicted octanol–water partition coefficient (Wildman–Crippen LogP) is 4.41. The lowest BCUT2D eigenvalue weighted by molar-refractivity contribution is -0.113. The Balaban J connectivity index is 1.67. The first-order valence-electron chi connectivity index (χ1n) is 9.64. The van der Waals surface area contributed by atoms with Gasteiger partial charge in [-0.1, -0.05) is 11.8 Å². The van der Waals surface area contributed by atoms with E-state index in [0.29, 0.717) is 30.4 Å². The summed E-state index contributed by atoms with van der Waals surface area (Å²) in [7, 11) is 1.63. The number of aromatic nitrogens is 2. The van der Waals surface area contributed by atoms with E-state index in [0.717, 1.165) is 16.6 Å². The molecule has 30 heavy (non-hydrogen) atoms. The Morgan fingerprint density at radius 1 is 1.07 bits per heavy atom. The molecule has 0 spiro atoms. The summed E-state index contributed by atoms with van der Waals surface area (Å²) in [6.07, 6.45) is 3.57. The second-order valence-electron chi connectivity index (χ2n) is 6.14. The summed E-state index contributed by atoms with van der Waals surface area (Å²) in [5, 5.41) is 3.64. The van der Waals surface area contributed by atoms with Crippen molar-refractivity contribution < 1.29 is 19.0 Å². The Bertz CT molecular complexity index is 973. The van der Waals surface area contributed by atoms with E-state index in [1.807, 2.05) is 54.9 Å². The van der Waals surface area contributed by atoms with Crippen LogP contribution >= 0.6 is 11.8 Å². The van der Waals surface area contributed by atoms with E-state index in [-0.39, 0.29) is 11.7 Å². The van der Waals surface area contributed by atoms with Crippen LogP contribution in [0, 0.1) is 0 Å². The van der Waals surface area contributed by atoms with Crippen molar-refractivity contribution in [2.75, 3.05) is 31.4 Å². The molecule has 0 radical (unpaired) electrons. The average Bonchev–Trinajstić information content (AvgIpc) is 3.23. The van der Waals surface area contributed by atoms with Crippen molar-refractivity contribution in [1.82, 2.24) is 9.55 Å². The molecular formula is C22H25N3O4S. The Kier molecular flexibility index (Phi) is 7.62. The van der Waals surface area contributed by atoms with Crippen LogP contribution in [-0.2, 0) is 4.79 Å². The number of nitrogens with zero attached hydrogens (tertiary/aromatic N) is 2. The molecule has 1 amide bonds. The first-order valence-corrected chi connectivity index (χ1v) is 10.6. The average molecular weight is 428 g/mol. The fourth-order valence-electron chi connectivity index (χ4n) is 2.80. The zero-order valence-electron chi connectivity index (χ0n) is 17.3. The van der Waals surface area contributed by atoms with Crippen LogP contribution in [0.5, 0.6) is 17.2 Å². The molecule has 0 atom stereocenters. The Hall–Kier alpha value is -3.13. The van der Waals surface area contributed by atoms with Gasteiger partial charge in [-0.3, -0.25) is 9.36 Å². The number of carbonyl (C=O) groups is 1. The highest BCUT2D eigenvalue weighted by atomic mass is 32.2. The third kappa shape index (κ3) is 5.48. The lowest BCUT2D eigenvalue weighted by Crippen LogP contribution is -2.15. The van der Waals surface area contributed by atoms with Gasteiger partial charge in [0.2, 0.25) is 5.91 Å². The maximum atomic E-state index is 12.6. The number of rotatable bonds is 10. The van der Waals surface area contributed by atoms with Crippen molar-refractivity contribution in [3.63, 3.8) is 0 Å². The van der Waals surface area contributed by atoms with Gasteiger partial charge >= 0.3 is 0 Å². The predicted molar refractivity (Wildman–Crippen MR) is 118 cm³/mol. The van der Waals surface area contributed by atoms with Gasteiger partial charge in [-0.05, 0) is 50.2 Å². The normalized spacial score (nSPS) is 10.5. The summed E-state index contributed by atoms with van der Waals surface area (Å²) < 4.78 is 18.3. The van der Waals surface area contributed by atoms with Crippen molar-refractivity contribution >= 4 is 23.4 Å². The van der Waals surface area contributed by atoms with Gasteiger partial charge in [0.05, 0.1) is 31.8 Å².